The van der Waals surface area contributed by atoms with Gasteiger partial charge in [0.15, 0.2) is 4.77 Å². The second-order valence-corrected chi connectivity index (χ2v) is 9.12. The van der Waals surface area contributed by atoms with Crippen LogP contribution in [0.15, 0.2) is 18.2 Å². The van der Waals surface area contributed by atoms with Crippen molar-refractivity contribution in [2.24, 2.45) is 0 Å². The number of aromatic nitrogens is 3. The van der Waals surface area contributed by atoms with Gasteiger partial charge in [0.1, 0.15) is 17.3 Å². The first kappa shape index (κ1) is 24.7. The lowest BCUT2D eigenvalue weighted by molar-refractivity contribution is 0.185. The number of ether oxygens (including phenoxy) is 2. The third-order valence-corrected chi connectivity index (χ3v) is 6.90. The molecule has 0 N–H and O–H groups in total. The maximum atomic E-state index is 5.93. The molecule has 2 atom stereocenters. The molecule has 0 radical (unpaired) electrons. The van der Waals surface area contributed by atoms with Crippen LogP contribution in [0.4, 0.5) is 0 Å². The van der Waals surface area contributed by atoms with Crippen LogP contribution in [-0.4, -0.2) is 59.0 Å². The highest BCUT2D eigenvalue weighted by Crippen LogP contribution is 2.39. The Bertz CT molecular complexity index is 939. The van der Waals surface area contributed by atoms with Crippen LogP contribution in [-0.2, 0) is 13.2 Å². The number of benzene rings is 1. The van der Waals surface area contributed by atoms with Gasteiger partial charge in [-0.3, -0.25) is 9.80 Å². The van der Waals surface area contributed by atoms with Gasteiger partial charge in [-0.25, -0.2) is 4.68 Å². The summed E-state index contributed by atoms with van der Waals surface area (Å²) in [4.78, 5) is 4.70. The molecule has 1 aliphatic heterocycles. The van der Waals surface area contributed by atoms with Crippen LogP contribution in [0, 0.1) is 4.77 Å². The van der Waals surface area contributed by atoms with Crippen LogP contribution in [0.2, 0.25) is 0 Å². The van der Waals surface area contributed by atoms with Gasteiger partial charge in [0.2, 0.25) is 0 Å². The zero-order valence-electron chi connectivity index (χ0n) is 20.5. The molecule has 0 aliphatic carbocycles. The summed E-state index contributed by atoms with van der Waals surface area (Å²) in [6.45, 7) is 7.03. The fourth-order valence-corrected chi connectivity index (χ4v) is 5.00. The van der Waals surface area contributed by atoms with Gasteiger partial charge in [0, 0.05) is 24.7 Å². The van der Waals surface area contributed by atoms with Crippen molar-refractivity contribution < 1.29 is 9.47 Å². The molecule has 1 aromatic carbocycles. The molecule has 32 heavy (non-hydrogen) atoms. The van der Waals surface area contributed by atoms with E-state index in [0.29, 0.717) is 6.67 Å². The van der Waals surface area contributed by atoms with Crippen LogP contribution in [0.5, 0.6) is 11.5 Å². The van der Waals surface area contributed by atoms with E-state index in [1.54, 1.807) is 14.2 Å². The van der Waals surface area contributed by atoms with E-state index >= 15 is 0 Å². The summed E-state index contributed by atoms with van der Waals surface area (Å²) in [5.74, 6) is 2.83. The smallest absolute Gasteiger partial charge is 0.199 e. The van der Waals surface area contributed by atoms with E-state index in [1.165, 1.54) is 5.56 Å². The minimum atomic E-state index is 0.252. The second-order valence-electron chi connectivity index (χ2n) is 8.75. The van der Waals surface area contributed by atoms with Gasteiger partial charge in [0.05, 0.1) is 26.9 Å². The second kappa shape index (κ2) is 11.3. The van der Waals surface area contributed by atoms with Crippen molar-refractivity contribution in [1.82, 2.24) is 24.1 Å². The van der Waals surface area contributed by atoms with Crippen molar-refractivity contribution in [1.29, 1.82) is 0 Å². The molecule has 0 spiro atoms. The van der Waals surface area contributed by atoms with E-state index in [4.69, 9.17) is 26.8 Å². The highest BCUT2D eigenvalue weighted by Gasteiger charge is 2.30. The number of unbranched alkanes of at least 4 members (excludes halogenated alkanes) is 1. The Labute approximate surface area is 197 Å². The summed E-state index contributed by atoms with van der Waals surface area (Å²) in [6.07, 6.45) is 5.45. The highest BCUT2D eigenvalue weighted by atomic mass is 32.1. The summed E-state index contributed by atoms with van der Waals surface area (Å²) in [7, 11) is 7.67. The van der Waals surface area contributed by atoms with Crippen molar-refractivity contribution in [2.75, 3.05) is 34.9 Å². The average molecular weight is 462 g/mol. The van der Waals surface area contributed by atoms with Gasteiger partial charge in [-0.15, -0.1) is 0 Å². The molecule has 2 aromatic rings. The molecule has 0 bridgehead atoms. The molecule has 0 saturated carbocycles. The van der Waals surface area contributed by atoms with E-state index < -0.39 is 0 Å². The first-order chi connectivity index (χ1) is 15.4. The minimum absolute atomic E-state index is 0.252. The van der Waals surface area contributed by atoms with Crippen molar-refractivity contribution in [3.05, 3.63) is 34.4 Å². The Balaban J connectivity index is 1.94. The zero-order valence-corrected chi connectivity index (χ0v) is 21.3. The van der Waals surface area contributed by atoms with E-state index in [9.17, 15) is 0 Å². The maximum absolute atomic E-state index is 5.93. The van der Waals surface area contributed by atoms with Gasteiger partial charge in [-0.05, 0) is 70.2 Å². The molecule has 178 valence electrons. The Morgan fingerprint density at radius 1 is 1.22 bits per heavy atom. The van der Waals surface area contributed by atoms with E-state index in [1.807, 2.05) is 16.8 Å². The highest BCUT2D eigenvalue weighted by molar-refractivity contribution is 7.71. The van der Waals surface area contributed by atoms with E-state index in [0.717, 1.165) is 67.3 Å². The molecule has 1 fully saturated rings. The van der Waals surface area contributed by atoms with Crippen molar-refractivity contribution in [3.8, 4) is 11.5 Å². The molecule has 1 aliphatic rings. The number of rotatable bonds is 11. The first-order valence-corrected chi connectivity index (χ1v) is 12.2. The van der Waals surface area contributed by atoms with Crippen LogP contribution in [0.1, 0.15) is 69.4 Å². The van der Waals surface area contributed by atoms with Crippen LogP contribution in [0.3, 0.4) is 0 Å². The molecular formula is C24H39N5O2S. The topological polar surface area (TPSA) is 47.7 Å². The van der Waals surface area contributed by atoms with Crippen LogP contribution < -0.4 is 9.47 Å². The Kier molecular flexibility index (Phi) is 8.73. The maximum Gasteiger partial charge on any atom is 0.199 e. The molecule has 7 nitrogen and oxygen atoms in total. The Morgan fingerprint density at radius 2 is 2.00 bits per heavy atom. The van der Waals surface area contributed by atoms with Gasteiger partial charge < -0.3 is 14.0 Å². The Hall–Kier alpha value is -1.90. The molecule has 0 unspecified atom stereocenters. The lowest BCUT2D eigenvalue weighted by Crippen LogP contribution is -2.27. The summed E-state index contributed by atoms with van der Waals surface area (Å²) < 4.78 is 16.3. The molecule has 1 aromatic heterocycles. The molecule has 2 heterocycles. The zero-order chi connectivity index (χ0) is 23.3. The lowest BCUT2D eigenvalue weighted by atomic mass is 10.0. The molecule has 3 rings (SSSR count). The van der Waals surface area contributed by atoms with E-state index in [-0.39, 0.29) is 12.1 Å². The van der Waals surface area contributed by atoms with Gasteiger partial charge in [-0.1, -0.05) is 20.3 Å². The SMILES string of the molecule is CCCCn1c([C@H](CC)N(C)C)nn(CN2CCC[C@H]2c2cc(OC)ccc2OC)c1=S. The molecule has 1 saturated heterocycles. The predicted octanol–water partition coefficient (Wildman–Crippen LogP) is 5.04. The van der Waals surface area contributed by atoms with Crippen molar-refractivity contribution in [3.63, 3.8) is 0 Å². The number of hydrogen-bond donors (Lipinski definition) is 0. The fraction of sp³-hybridized carbons (Fsp3) is 0.667. The monoisotopic (exact) mass is 461 g/mol. The van der Waals surface area contributed by atoms with Crippen molar-refractivity contribution in [2.45, 2.75) is 71.2 Å². The summed E-state index contributed by atoms with van der Waals surface area (Å²) in [5.41, 5.74) is 1.17. The standard InChI is InChI=1S/C24H39N5O2S/c1-7-9-15-28-23(20(8-2)26(3)4)25-29(24(28)32)17-27-14-10-11-21(27)19-16-18(30-5)12-13-22(19)31-6/h12-13,16,20-21H,7-11,14-15,17H2,1-6H3/t20-,21-/m0/s1. The predicted molar refractivity (Wildman–Crippen MR) is 131 cm³/mol. The van der Waals surface area contributed by atoms with Gasteiger partial charge >= 0.3 is 0 Å². The first-order valence-electron chi connectivity index (χ1n) is 11.7. The molecule has 0 amide bonds. The van der Waals surface area contributed by atoms with Crippen molar-refractivity contribution >= 4 is 12.2 Å². The number of methoxy groups -OCH3 is 2. The third kappa shape index (κ3) is 5.18. The number of nitrogens with zero attached hydrogens (tertiary/aromatic N) is 5. The lowest BCUT2D eigenvalue weighted by Gasteiger charge is -2.26. The quantitative estimate of drug-likeness (QED) is 0.437. The van der Waals surface area contributed by atoms with Crippen LogP contribution >= 0.6 is 12.2 Å². The molecule has 8 heteroatoms. The average Bonchev–Trinajstić information content (AvgIpc) is 3.37. The fourth-order valence-electron chi connectivity index (χ4n) is 4.72. The molecular weight excluding hydrogens is 422 g/mol. The summed E-state index contributed by atoms with van der Waals surface area (Å²) in [6, 6.07) is 6.55. The van der Waals surface area contributed by atoms with Crippen LogP contribution in [0.25, 0.3) is 0 Å². The van der Waals surface area contributed by atoms with Gasteiger partial charge in [0.25, 0.3) is 0 Å². The minimum Gasteiger partial charge on any atom is -0.497 e. The third-order valence-electron chi connectivity index (χ3n) is 6.47. The largest absolute Gasteiger partial charge is 0.497 e. The summed E-state index contributed by atoms with van der Waals surface area (Å²) >= 11 is 5.93. The van der Waals surface area contributed by atoms with E-state index in [2.05, 4.69) is 48.4 Å². The summed E-state index contributed by atoms with van der Waals surface area (Å²) in [5, 5.41) is 5.06. The Morgan fingerprint density at radius 3 is 2.62 bits per heavy atom. The normalized spacial score (nSPS) is 17.8. The number of likely N-dealkylation sites (tertiary alicyclic amines) is 1. The van der Waals surface area contributed by atoms with Gasteiger partial charge in [-0.2, -0.15) is 5.10 Å². The number of hydrogen-bond acceptors (Lipinski definition) is 6.